The standard InChI is InChI=1S/C12H15NO3/c1-15-11-4-3-9(8-12(11)16-2)7-10(14)5-6-13/h3-4,8,10,14H,5,7H2,1-2H3. The minimum Gasteiger partial charge on any atom is -0.493 e. The number of methoxy groups -OCH3 is 2. The van der Waals surface area contributed by atoms with Gasteiger partial charge < -0.3 is 14.6 Å². The predicted molar refractivity (Wildman–Crippen MR) is 59.5 cm³/mol. The Labute approximate surface area is 95.0 Å². The molecule has 1 N–H and O–H groups in total. The van der Waals surface area contributed by atoms with Gasteiger partial charge in [0.05, 0.1) is 32.8 Å². The van der Waals surface area contributed by atoms with Crippen LogP contribution in [0.5, 0.6) is 11.5 Å². The molecule has 0 aliphatic rings. The molecular weight excluding hydrogens is 206 g/mol. The maximum atomic E-state index is 9.50. The second-order valence-electron chi connectivity index (χ2n) is 3.41. The molecule has 0 amide bonds. The van der Waals surface area contributed by atoms with E-state index in [1.54, 1.807) is 26.4 Å². The fraction of sp³-hybridized carbons (Fsp3) is 0.417. The van der Waals surface area contributed by atoms with E-state index in [1.807, 2.05) is 12.1 Å². The molecule has 1 atom stereocenters. The molecule has 0 bridgehead atoms. The van der Waals surface area contributed by atoms with Crippen molar-refractivity contribution >= 4 is 0 Å². The molecule has 0 spiro atoms. The summed E-state index contributed by atoms with van der Waals surface area (Å²) >= 11 is 0. The minimum absolute atomic E-state index is 0.133. The maximum Gasteiger partial charge on any atom is 0.160 e. The van der Waals surface area contributed by atoms with Crippen molar-refractivity contribution < 1.29 is 14.6 Å². The number of ether oxygens (including phenoxy) is 2. The molecular formula is C12H15NO3. The van der Waals surface area contributed by atoms with E-state index in [0.717, 1.165) is 5.56 Å². The topological polar surface area (TPSA) is 62.5 Å². The summed E-state index contributed by atoms with van der Waals surface area (Å²) < 4.78 is 10.3. The lowest BCUT2D eigenvalue weighted by molar-refractivity contribution is 0.180. The van der Waals surface area contributed by atoms with E-state index in [9.17, 15) is 5.11 Å². The largest absolute Gasteiger partial charge is 0.493 e. The summed E-state index contributed by atoms with van der Waals surface area (Å²) in [4.78, 5) is 0. The molecule has 1 aromatic rings. The van der Waals surface area contributed by atoms with E-state index < -0.39 is 6.10 Å². The zero-order chi connectivity index (χ0) is 12.0. The molecule has 1 rings (SSSR count). The van der Waals surface area contributed by atoms with E-state index in [0.29, 0.717) is 17.9 Å². The number of aliphatic hydroxyl groups is 1. The smallest absolute Gasteiger partial charge is 0.160 e. The van der Waals surface area contributed by atoms with Gasteiger partial charge in [-0.25, -0.2) is 0 Å². The van der Waals surface area contributed by atoms with E-state index in [-0.39, 0.29) is 6.42 Å². The predicted octanol–water partition coefficient (Wildman–Crippen LogP) is 1.52. The molecule has 16 heavy (non-hydrogen) atoms. The van der Waals surface area contributed by atoms with Crippen LogP contribution in [0.1, 0.15) is 12.0 Å². The third-order valence-corrected chi connectivity index (χ3v) is 2.25. The second-order valence-corrected chi connectivity index (χ2v) is 3.41. The summed E-state index contributed by atoms with van der Waals surface area (Å²) in [5.41, 5.74) is 0.917. The Bertz CT molecular complexity index is 384. The van der Waals surface area contributed by atoms with Crippen LogP contribution in [0.3, 0.4) is 0 Å². The van der Waals surface area contributed by atoms with Gasteiger partial charge in [0.2, 0.25) is 0 Å². The number of nitrogens with zero attached hydrogens (tertiary/aromatic N) is 1. The first kappa shape index (κ1) is 12.3. The Morgan fingerprint density at radius 1 is 1.31 bits per heavy atom. The number of benzene rings is 1. The van der Waals surface area contributed by atoms with Crippen LogP contribution in [-0.2, 0) is 6.42 Å². The second kappa shape index (κ2) is 5.99. The summed E-state index contributed by atoms with van der Waals surface area (Å²) in [5.74, 6) is 1.28. The van der Waals surface area contributed by atoms with Gasteiger partial charge >= 0.3 is 0 Å². The number of hydrogen-bond donors (Lipinski definition) is 1. The number of hydrogen-bond acceptors (Lipinski definition) is 4. The highest BCUT2D eigenvalue weighted by Crippen LogP contribution is 2.28. The van der Waals surface area contributed by atoms with E-state index in [2.05, 4.69) is 0 Å². The number of aliphatic hydroxyl groups excluding tert-OH is 1. The Morgan fingerprint density at radius 3 is 2.56 bits per heavy atom. The van der Waals surface area contributed by atoms with Crippen molar-refractivity contribution in [2.45, 2.75) is 18.9 Å². The zero-order valence-corrected chi connectivity index (χ0v) is 9.43. The zero-order valence-electron chi connectivity index (χ0n) is 9.43. The Hall–Kier alpha value is -1.73. The molecule has 0 aliphatic carbocycles. The van der Waals surface area contributed by atoms with Crippen LogP contribution in [0.25, 0.3) is 0 Å². The first-order chi connectivity index (χ1) is 7.71. The lowest BCUT2D eigenvalue weighted by Crippen LogP contribution is -2.09. The first-order valence-corrected chi connectivity index (χ1v) is 4.97. The highest BCUT2D eigenvalue weighted by Gasteiger charge is 2.08. The van der Waals surface area contributed by atoms with Gasteiger partial charge in [-0.1, -0.05) is 6.07 Å². The van der Waals surface area contributed by atoms with Crippen LogP contribution in [0.2, 0.25) is 0 Å². The molecule has 0 saturated carbocycles. The lowest BCUT2D eigenvalue weighted by Gasteiger charge is -2.11. The lowest BCUT2D eigenvalue weighted by atomic mass is 10.1. The van der Waals surface area contributed by atoms with Crippen LogP contribution >= 0.6 is 0 Å². The molecule has 1 unspecified atom stereocenters. The van der Waals surface area contributed by atoms with Crippen LogP contribution < -0.4 is 9.47 Å². The number of rotatable bonds is 5. The SMILES string of the molecule is COc1ccc(CC(O)CC#N)cc1OC. The van der Waals surface area contributed by atoms with Gasteiger partial charge in [-0.2, -0.15) is 5.26 Å². The van der Waals surface area contributed by atoms with Crippen molar-refractivity contribution in [2.24, 2.45) is 0 Å². The summed E-state index contributed by atoms with van der Waals surface area (Å²) in [6.07, 6.45) is -0.0643. The van der Waals surface area contributed by atoms with Gasteiger partial charge in [-0.3, -0.25) is 0 Å². The molecule has 4 nitrogen and oxygen atoms in total. The van der Waals surface area contributed by atoms with Crippen LogP contribution in [0.15, 0.2) is 18.2 Å². The Kier molecular flexibility index (Phi) is 4.62. The monoisotopic (exact) mass is 221 g/mol. The maximum absolute atomic E-state index is 9.50. The van der Waals surface area contributed by atoms with E-state index in [4.69, 9.17) is 14.7 Å². The molecule has 0 fully saturated rings. The summed E-state index contributed by atoms with van der Waals surface area (Å²) in [6.45, 7) is 0. The molecule has 1 aromatic carbocycles. The van der Waals surface area contributed by atoms with Gasteiger partial charge in [0, 0.05) is 0 Å². The van der Waals surface area contributed by atoms with Crippen LogP contribution in [0, 0.1) is 11.3 Å². The van der Waals surface area contributed by atoms with Gasteiger partial charge in [0.1, 0.15) is 0 Å². The average Bonchev–Trinajstić information content (AvgIpc) is 2.29. The Morgan fingerprint density at radius 2 is 2.00 bits per heavy atom. The molecule has 86 valence electrons. The normalized spacial score (nSPS) is 11.6. The van der Waals surface area contributed by atoms with Crippen molar-refractivity contribution in [3.8, 4) is 17.6 Å². The van der Waals surface area contributed by atoms with Crippen LogP contribution in [0.4, 0.5) is 0 Å². The fourth-order valence-electron chi connectivity index (χ4n) is 1.46. The van der Waals surface area contributed by atoms with Crippen molar-refractivity contribution in [3.05, 3.63) is 23.8 Å². The molecule has 0 aromatic heterocycles. The number of nitriles is 1. The fourth-order valence-corrected chi connectivity index (χ4v) is 1.46. The quantitative estimate of drug-likeness (QED) is 0.818. The minimum atomic E-state index is -0.636. The molecule has 0 radical (unpaired) electrons. The van der Waals surface area contributed by atoms with Crippen molar-refractivity contribution in [1.82, 2.24) is 0 Å². The summed E-state index contributed by atoms with van der Waals surface area (Å²) in [7, 11) is 3.13. The molecule has 0 aliphatic heterocycles. The van der Waals surface area contributed by atoms with Gasteiger partial charge in [-0.05, 0) is 24.1 Å². The summed E-state index contributed by atoms with van der Waals surface area (Å²) in [6, 6.07) is 7.37. The van der Waals surface area contributed by atoms with Gasteiger partial charge in [-0.15, -0.1) is 0 Å². The van der Waals surface area contributed by atoms with Gasteiger partial charge in [0.25, 0.3) is 0 Å². The Balaban J connectivity index is 2.79. The van der Waals surface area contributed by atoms with E-state index in [1.165, 1.54) is 0 Å². The van der Waals surface area contributed by atoms with Crippen LogP contribution in [-0.4, -0.2) is 25.4 Å². The summed E-state index contributed by atoms with van der Waals surface area (Å²) in [5, 5.41) is 17.9. The molecule has 4 heteroatoms. The third-order valence-electron chi connectivity index (χ3n) is 2.25. The molecule has 0 saturated heterocycles. The highest BCUT2D eigenvalue weighted by atomic mass is 16.5. The molecule has 0 heterocycles. The van der Waals surface area contributed by atoms with Crippen molar-refractivity contribution in [2.75, 3.05) is 14.2 Å². The average molecular weight is 221 g/mol. The van der Waals surface area contributed by atoms with Gasteiger partial charge in [0.15, 0.2) is 11.5 Å². The first-order valence-electron chi connectivity index (χ1n) is 4.97. The van der Waals surface area contributed by atoms with Crippen molar-refractivity contribution in [1.29, 1.82) is 5.26 Å². The highest BCUT2D eigenvalue weighted by molar-refractivity contribution is 5.43. The van der Waals surface area contributed by atoms with E-state index >= 15 is 0 Å². The van der Waals surface area contributed by atoms with Crippen molar-refractivity contribution in [3.63, 3.8) is 0 Å². The third kappa shape index (κ3) is 3.14.